The van der Waals surface area contributed by atoms with Gasteiger partial charge in [-0.05, 0) is 67.0 Å². The third-order valence-electron chi connectivity index (χ3n) is 6.47. The molecule has 180 valence electrons. The largest absolute Gasteiger partial charge is 0.373 e. The predicted octanol–water partition coefficient (Wildman–Crippen LogP) is 1.38. The van der Waals surface area contributed by atoms with Gasteiger partial charge in [0.2, 0.25) is 11.9 Å². The molecule has 35 heavy (non-hydrogen) atoms. The first-order valence-corrected chi connectivity index (χ1v) is 11.5. The Morgan fingerprint density at radius 2 is 1.83 bits per heavy atom. The van der Waals surface area contributed by atoms with Crippen LogP contribution in [0.15, 0.2) is 42.7 Å². The Morgan fingerprint density at radius 1 is 1.06 bits per heavy atom. The van der Waals surface area contributed by atoms with E-state index in [-0.39, 0.29) is 34.8 Å². The maximum Gasteiger partial charge on any atom is 0.373 e. The van der Waals surface area contributed by atoms with Gasteiger partial charge < -0.3 is 20.6 Å². The number of nitrogens with one attached hydrogen (secondary N) is 2. The number of hydrogen-bond acceptors (Lipinski definition) is 7. The summed E-state index contributed by atoms with van der Waals surface area (Å²) < 4.78 is 2.41. The average Bonchev–Trinajstić information content (AvgIpc) is 3.74. The van der Waals surface area contributed by atoms with Crippen molar-refractivity contribution in [3.8, 4) is 11.1 Å². The van der Waals surface area contributed by atoms with Gasteiger partial charge in [-0.25, -0.2) is 4.52 Å². The quantitative estimate of drug-likeness (QED) is 0.253. The molecule has 0 unspecified atom stereocenters. The summed E-state index contributed by atoms with van der Waals surface area (Å²) in [6.45, 7) is 0.552. The highest BCUT2D eigenvalue weighted by Gasteiger charge is 2.30. The Balaban J connectivity index is 1.36. The van der Waals surface area contributed by atoms with Gasteiger partial charge >= 0.3 is 6.10 Å². The molecule has 0 saturated heterocycles. The van der Waals surface area contributed by atoms with Crippen LogP contribution in [0.2, 0.25) is 0 Å². The Hall–Kier alpha value is -3.80. The van der Waals surface area contributed by atoms with E-state index in [4.69, 9.17) is 0 Å². The summed E-state index contributed by atoms with van der Waals surface area (Å²) in [4.78, 5) is 29.3. The predicted molar refractivity (Wildman–Crippen MR) is 125 cm³/mol. The van der Waals surface area contributed by atoms with Crippen LogP contribution >= 0.6 is 0 Å². The summed E-state index contributed by atoms with van der Waals surface area (Å²) in [6, 6.07) is 8.73. The first kappa shape index (κ1) is 21.7. The molecule has 11 nitrogen and oxygen atoms in total. The van der Waals surface area contributed by atoms with E-state index in [1.54, 1.807) is 35.0 Å². The Labute approximate surface area is 199 Å². The molecule has 11 heteroatoms. The highest BCUT2D eigenvalue weighted by Crippen LogP contribution is 2.32. The van der Waals surface area contributed by atoms with E-state index in [0.717, 1.165) is 41.4 Å². The summed E-state index contributed by atoms with van der Waals surface area (Å²) >= 11 is 0. The molecule has 0 radical (unpaired) electrons. The third kappa shape index (κ3) is 4.25. The van der Waals surface area contributed by atoms with Crippen molar-refractivity contribution in [2.75, 3.05) is 11.9 Å². The normalized spacial score (nSPS) is 16.1. The van der Waals surface area contributed by atoms with E-state index in [0.29, 0.717) is 23.5 Å². The SMILES string of the molecule is O=C(NCC1CC1)c1cn(C(O)(O)O)c2ccc(-c3ccn4nc(NC(=O)C5CC5)nc4c3)cc12. The standard InChI is InChI=1S/C24H24N6O5/c31-21(14-3-4-14)27-23-26-20-10-16(7-8-30(20)28-23)15-5-6-19-17(9-15)18(12-29(19)24(33,34)35)22(32)25-11-13-1-2-13/h5-10,12-14,33-35H,1-4,11H2,(H,25,32)(H,27,28,31). The lowest BCUT2D eigenvalue weighted by atomic mass is 10.0. The average molecular weight is 476 g/mol. The molecule has 5 N–H and O–H groups in total. The lowest BCUT2D eigenvalue weighted by molar-refractivity contribution is -0.373. The van der Waals surface area contributed by atoms with Gasteiger partial charge in [-0.3, -0.25) is 19.5 Å². The molecular weight excluding hydrogens is 452 g/mol. The van der Waals surface area contributed by atoms with E-state index in [9.17, 15) is 24.9 Å². The van der Waals surface area contributed by atoms with Crippen molar-refractivity contribution in [3.63, 3.8) is 0 Å². The maximum absolute atomic E-state index is 12.9. The number of aromatic nitrogens is 4. The summed E-state index contributed by atoms with van der Waals surface area (Å²) in [7, 11) is 0. The number of carbonyl (C=O) groups is 2. The van der Waals surface area contributed by atoms with E-state index in [1.165, 1.54) is 6.20 Å². The minimum Gasteiger partial charge on any atom is -0.352 e. The lowest BCUT2D eigenvalue weighted by Crippen LogP contribution is -2.31. The van der Waals surface area contributed by atoms with Crippen LogP contribution in [-0.4, -0.2) is 52.8 Å². The zero-order valence-corrected chi connectivity index (χ0v) is 18.7. The van der Waals surface area contributed by atoms with E-state index in [2.05, 4.69) is 20.7 Å². The number of hydrogen-bond donors (Lipinski definition) is 5. The van der Waals surface area contributed by atoms with E-state index < -0.39 is 6.10 Å². The Kier molecular flexibility index (Phi) is 4.88. The summed E-state index contributed by atoms with van der Waals surface area (Å²) in [5, 5.41) is 39.8. The second kappa shape index (κ2) is 7.87. The van der Waals surface area contributed by atoms with Gasteiger partial charge in [-0.15, -0.1) is 5.10 Å². The van der Waals surface area contributed by atoms with Crippen LogP contribution in [0, 0.1) is 11.8 Å². The van der Waals surface area contributed by atoms with Crippen LogP contribution in [0.3, 0.4) is 0 Å². The summed E-state index contributed by atoms with van der Waals surface area (Å²) in [6.07, 6.45) is 3.73. The fourth-order valence-corrected chi connectivity index (χ4v) is 4.16. The van der Waals surface area contributed by atoms with Gasteiger partial charge in [0.05, 0.1) is 11.1 Å². The van der Waals surface area contributed by atoms with Gasteiger partial charge in [0, 0.05) is 30.2 Å². The van der Waals surface area contributed by atoms with E-state index >= 15 is 0 Å². The van der Waals surface area contributed by atoms with Crippen molar-refractivity contribution in [2.45, 2.75) is 31.8 Å². The second-order valence-electron chi connectivity index (χ2n) is 9.32. The highest BCUT2D eigenvalue weighted by molar-refractivity contribution is 6.08. The molecule has 2 aliphatic carbocycles. The van der Waals surface area contributed by atoms with Crippen molar-refractivity contribution in [1.29, 1.82) is 0 Å². The Morgan fingerprint density at radius 3 is 2.54 bits per heavy atom. The minimum absolute atomic E-state index is 0.0439. The Bertz CT molecular complexity index is 1480. The molecule has 2 saturated carbocycles. The van der Waals surface area contributed by atoms with Crippen LogP contribution in [0.1, 0.15) is 36.0 Å². The molecule has 2 aliphatic rings. The number of rotatable bonds is 7. The van der Waals surface area contributed by atoms with Gasteiger partial charge in [-0.2, -0.15) is 4.98 Å². The fourth-order valence-electron chi connectivity index (χ4n) is 4.16. The number of amides is 2. The first-order chi connectivity index (χ1) is 16.8. The van der Waals surface area contributed by atoms with Crippen molar-refractivity contribution in [2.24, 2.45) is 11.8 Å². The number of anilines is 1. The van der Waals surface area contributed by atoms with Gasteiger partial charge in [0.1, 0.15) is 0 Å². The number of benzene rings is 1. The molecule has 0 atom stereocenters. The topological polar surface area (TPSA) is 154 Å². The molecular formula is C24H24N6O5. The minimum atomic E-state index is -3.16. The number of aliphatic hydroxyl groups is 3. The van der Waals surface area contributed by atoms with Crippen LogP contribution in [-0.2, 0) is 10.9 Å². The number of pyridine rings is 1. The molecule has 4 aromatic rings. The molecule has 2 amide bonds. The van der Waals surface area contributed by atoms with Crippen LogP contribution in [0.25, 0.3) is 27.7 Å². The molecule has 6 rings (SSSR count). The van der Waals surface area contributed by atoms with Gasteiger partial charge in [0.15, 0.2) is 5.65 Å². The van der Waals surface area contributed by atoms with Crippen molar-refractivity contribution >= 4 is 34.3 Å². The molecule has 3 aromatic heterocycles. The number of fused-ring (bicyclic) bond motifs is 2. The van der Waals surface area contributed by atoms with Gasteiger partial charge in [0.25, 0.3) is 5.91 Å². The molecule has 0 aliphatic heterocycles. The number of nitrogens with zero attached hydrogens (tertiary/aromatic N) is 4. The summed E-state index contributed by atoms with van der Waals surface area (Å²) in [5.41, 5.74) is 2.57. The van der Waals surface area contributed by atoms with Crippen molar-refractivity contribution in [3.05, 3.63) is 48.3 Å². The number of carbonyl (C=O) groups excluding carboxylic acids is 2. The third-order valence-corrected chi connectivity index (χ3v) is 6.47. The van der Waals surface area contributed by atoms with Crippen LogP contribution < -0.4 is 10.6 Å². The van der Waals surface area contributed by atoms with Crippen molar-refractivity contribution in [1.82, 2.24) is 24.5 Å². The second-order valence-corrected chi connectivity index (χ2v) is 9.32. The molecule has 0 bridgehead atoms. The lowest BCUT2D eigenvalue weighted by Gasteiger charge is -2.16. The van der Waals surface area contributed by atoms with Gasteiger partial charge in [-0.1, -0.05) is 6.07 Å². The zero-order chi connectivity index (χ0) is 24.3. The summed E-state index contributed by atoms with van der Waals surface area (Å²) in [5.74, 6) is 0.334. The highest BCUT2D eigenvalue weighted by atomic mass is 16.7. The molecule has 0 spiro atoms. The zero-order valence-electron chi connectivity index (χ0n) is 18.7. The monoisotopic (exact) mass is 476 g/mol. The van der Waals surface area contributed by atoms with Crippen LogP contribution in [0.4, 0.5) is 5.95 Å². The first-order valence-electron chi connectivity index (χ1n) is 11.5. The maximum atomic E-state index is 12.9. The smallest absolute Gasteiger partial charge is 0.352 e. The fraction of sp³-hybridized carbons (Fsp3) is 0.333. The van der Waals surface area contributed by atoms with Crippen LogP contribution in [0.5, 0.6) is 0 Å². The van der Waals surface area contributed by atoms with Crippen molar-refractivity contribution < 1.29 is 24.9 Å². The molecule has 2 fully saturated rings. The molecule has 1 aromatic carbocycles. The van der Waals surface area contributed by atoms with E-state index in [1.807, 2.05) is 6.07 Å². The molecule has 3 heterocycles.